The predicted molar refractivity (Wildman–Crippen MR) is 115 cm³/mol. The van der Waals surface area contributed by atoms with Crippen molar-refractivity contribution in [1.82, 2.24) is 0 Å². The fourth-order valence-corrected chi connectivity index (χ4v) is 2.84. The molecule has 0 saturated carbocycles. The third kappa shape index (κ3) is 7.06. The third-order valence-corrected chi connectivity index (χ3v) is 4.55. The normalized spacial score (nSPS) is 12.5. The summed E-state index contributed by atoms with van der Waals surface area (Å²) in [6.45, 7) is 0.208. The van der Waals surface area contributed by atoms with Crippen LogP contribution in [-0.2, 0) is 43.6 Å². The average Bonchev–Trinajstić information content (AvgIpc) is 2.83. The van der Waals surface area contributed by atoms with E-state index in [9.17, 15) is 9.59 Å². The molecule has 0 radical (unpaired) electrons. The maximum atomic E-state index is 12.7. The number of hydrogen-bond acceptors (Lipinski definition) is 6. The van der Waals surface area contributed by atoms with Crippen molar-refractivity contribution in [3.8, 4) is 0 Å². The van der Waals surface area contributed by atoms with Gasteiger partial charge < -0.3 is 19.9 Å². The second-order valence-electron chi connectivity index (χ2n) is 6.93. The summed E-state index contributed by atoms with van der Waals surface area (Å²) in [6.07, 6.45) is -1.30. The summed E-state index contributed by atoms with van der Waals surface area (Å²) in [5, 5.41) is 0. The first-order valence-electron chi connectivity index (χ1n) is 9.95. The first kappa shape index (κ1) is 22.2. The Morgan fingerprint density at radius 2 is 1.00 bits per heavy atom. The number of benzene rings is 3. The zero-order chi connectivity index (χ0) is 21.9. The first-order valence-corrected chi connectivity index (χ1v) is 9.95. The maximum absolute atomic E-state index is 12.7. The lowest BCUT2D eigenvalue weighted by Gasteiger charge is -2.22. The SMILES string of the molecule is N[C@H](C(=O)OCc1ccccc1)[C@H](OCc1ccccc1)C(=O)OCc1ccccc1. The van der Waals surface area contributed by atoms with Crippen LogP contribution in [0, 0.1) is 0 Å². The van der Waals surface area contributed by atoms with E-state index in [0.717, 1.165) is 16.7 Å². The lowest BCUT2D eigenvalue weighted by atomic mass is 10.1. The molecule has 3 aromatic rings. The molecule has 0 heterocycles. The third-order valence-electron chi connectivity index (χ3n) is 4.55. The molecule has 0 saturated heterocycles. The molecule has 0 aromatic heterocycles. The van der Waals surface area contributed by atoms with Crippen LogP contribution in [0.3, 0.4) is 0 Å². The van der Waals surface area contributed by atoms with Gasteiger partial charge in [0.05, 0.1) is 6.61 Å². The van der Waals surface area contributed by atoms with E-state index in [1.54, 1.807) is 0 Å². The molecule has 0 aliphatic carbocycles. The van der Waals surface area contributed by atoms with Crippen molar-refractivity contribution in [2.24, 2.45) is 5.73 Å². The molecule has 6 nitrogen and oxygen atoms in total. The first-order chi connectivity index (χ1) is 15.1. The Morgan fingerprint density at radius 3 is 1.45 bits per heavy atom. The molecule has 3 rings (SSSR count). The molecule has 31 heavy (non-hydrogen) atoms. The predicted octanol–water partition coefficient (Wildman–Crippen LogP) is 3.39. The summed E-state index contributed by atoms with van der Waals surface area (Å²) in [4.78, 5) is 25.2. The Labute approximate surface area is 181 Å². The van der Waals surface area contributed by atoms with Crippen molar-refractivity contribution < 1.29 is 23.8 Å². The Balaban J connectivity index is 1.64. The Kier molecular flexibility index (Phi) is 8.34. The highest BCUT2D eigenvalue weighted by atomic mass is 16.6. The number of rotatable bonds is 10. The van der Waals surface area contributed by atoms with E-state index in [4.69, 9.17) is 19.9 Å². The molecule has 0 aliphatic heterocycles. The fraction of sp³-hybridized carbons (Fsp3) is 0.200. The van der Waals surface area contributed by atoms with E-state index < -0.39 is 24.1 Å². The molecular formula is C25H25NO5. The molecule has 0 bridgehead atoms. The number of carbonyl (C=O) groups is 2. The van der Waals surface area contributed by atoms with Gasteiger partial charge >= 0.3 is 11.9 Å². The minimum Gasteiger partial charge on any atom is -0.460 e. The van der Waals surface area contributed by atoms with Gasteiger partial charge in [0, 0.05) is 0 Å². The molecule has 2 atom stereocenters. The summed E-state index contributed by atoms with van der Waals surface area (Å²) >= 11 is 0. The zero-order valence-electron chi connectivity index (χ0n) is 17.1. The highest BCUT2D eigenvalue weighted by molar-refractivity contribution is 5.86. The highest BCUT2D eigenvalue weighted by Crippen LogP contribution is 2.11. The molecule has 0 fully saturated rings. The van der Waals surface area contributed by atoms with Gasteiger partial charge in [-0.25, -0.2) is 4.79 Å². The van der Waals surface area contributed by atoms with Crippen molar-refractivity contribution in [2.75, 3.05) is 0 Å². The van der Waals surface area contributed by atoms with E-state index in [2.05, 4.69) is 0 Å². The van der Waals surface area contributed by atoms with Gasteiger partial charge in [0.25, 0.3) is 0 Å². The molecular weight excluding hydrogens is 394 g/mol. The van der Waals surface area contributed by atoms with E-state index >= 15 is 0 Å². The summed E-state index contributed by atoms with van der Waals surface area (Å²) in [6, 6.07) is 26.4. The number of hydrogen-bond donors (Lipinski definition) is 1. The van der Waals surface area contributed by atoms with Crippen molar-refractivity contribution >= 4 is 11.9 Å². The summed E-state index contributed by atoms with van der Waals surface area (Å²) in [5.74, 6) is -1.46. The molecule has 6 heteroatoms. The minimum absolute atomic E-state index is 0.0522. The van der Waals surface area contributed by atoms with Crippen LogP contribution in [-0.4, -0.2) is 24.1 Å². The monoisotopic (exact) mass is 419 g/mol. The van der Waals surface area contributed by atoms with Crippen LogP contribution in [0.1, 0.15) is 16.7 Å². The van der Waals surface area contributed by atoms with Crippen LogP contribution in [0.15, 0.2) is 91.0 Å². The van der Waals surface area contributed by atoms with Crippen LogP contribution in [0.2, 0.25) is 0 Å². The number of carbonyl (C=O) groups excluding carboxylic acids is 2. The fourth-order valence-electron chi connectivity index (χ4n) is 2.84. The van der Waals surface area contributed by atoms with E-state index in [1.165, 1.54) is 0 Å². The van der Waals surface area contributed by atoms with E-state index in [0.29, 0.717) is 0 Å². The van der Waals surface area contributed by atoms with Crippen LogP contribution in [0.4, 0.5) is 0 Å². The molecule has 0 amide bonds. The zero-order valence-corrected chi connectivity index (χ0v) is 17.1. The number of nitrogens with two attached hydrogens (primary N) is 1. The van der Waals surface area contributed by atoms with Gasteiger partial charge in [-0.2, -0.15) is 0 Å². The quantitative estimate of drug-likeness (QED) is 0.507. The molecule has 0 unspecified atom stereocenters. The smallest absolute Gasteiger partial charge is 0.337 e. The average molecular weight is 419 g/mol. The summed E-state index contributed by atoms with van der Waals surface area (Å²) < 4.78 is 16.4. The van der Waals surface area contributed by atoms with Crippen LogP contribution < -0.4 is 5.73 Å². The Hall–Kier alpha value is -3.48. The van der Waals surface area contributed by atoms with Gasteiger partial charge in [-0.3, -0.25) is 4.79 Å². The number of esters is 2. The second kappa shape index (κ2) is 11.6. The van der Waals surface area contributed by atoms with Gasteiger partial charge in [0.2, 0.25) is 0 Å². The van der Waals surface area contributed by atoms with E-state index in [1.807, 2.05) is 91.0 Å². The van der Waals surface area contributed by atoms with Gasteiger partial charge in [0.1, 0.15) is 19.3 Å². The molecule has 160 valence electrons. The van der Waals surface area contributed by atoms with Gasteiger partial charge in [-0.05, 0) is 16.7 Å². The van der Waals surface area contributed by atoms with Crippen molar-refractivity contribution in [1.29, 1.82) is 0 Å². The van der Waals surface area contributed by atoms with Gasteiger partial charge in [-0.1, -0.05) is 91.0 Å². The van der Waals surface area contributed by atoms with Crippen molar-refractivity contribution in [3.05, 3.63) is 108 Å². The molecule has 0 spiro atoms. The molecule has 2 N–H and O–H groups in total. The lowest BCUT2D eigenvalue weighted by Crippen LogP contribution is -2.49. The van der Waals surface area contributed by atoms with E-state index in [-0.39, 0.29) is 19.8 Å². The van der Waals surface area contributed by atoms with Crippen LogP contribution in [0.5, 0.6) is 0 Å². The standard InChI is InChI=1S/C25H25NO5/c26-22(24(27)30-17-20-12-6-2-7-13-20)23(29-16-19-10-4-1-5-11-19)25(28)31-18-21-14-8-3-9-15-21/h1-15,22-23H,16-18,26H2/t22-,23-/m0/s1. The second-order valence-corrected chi connectivity index (χ2v) is 6.93. The maximum Gasteiger partial charge on any atom is 0.337 e. The highest BCUT2D eigenvalue weighted by Gasteiger charge is 2.34. The molecule has 0 aliphatic rings. The summed E-state index contributed by atoms with van der Waals surface area (Å²) in [5.41, 5.74) is 8.53. The number of ether oxygens (including phenoxy) is 3. The summed E-state index contributed by atoms with van der Waals surface area (Å²) in [7, 11) is 0. The lowest BCUT2D eigenvalue weighted by molar-refractivity contribution is -0.168. The largest absolute Gasteiger partial charge is 0.460 e. The van der Waals surface area contributed by atoms with Gasteiger partial charge in [-0.15, -0.1) is 0 Å². The van der Waals surface area contributed by atoms with Crippen molar-refractivity contribution in [2.45, 2.75) is 32.0 Å². The topological polar surface area (TPSA) is 87.9 Å². The molecule has 3 aromatic carbocycles. The van der Waals surface area contributed by atoms with Crippen LogP contribution in [0.25, 0.3) is 0 Å². The van der Waals surface area contributed by atoms with Crippen molar-refractivity contribution in [3.63, 3.8) is 0 Å². The Morgan fingerprint density at radius 1 is 0.613 bits per heavy atom. The van der Waals surface area contributed by atoms with Gasteiger partial charge in [0.15, 0.2) is 6.10 Å². The van der Waals surface area contributed by atoms with Crippen LogP contribution >= 0.6 is 0 Å². The Bertz CT molecular complexity index is 947. The minimum atomic E-state index is -1.32.